The Morgan fingerprint density at radius 2 is 0.523 bits per heavy atom. The van der Waals surface area contributed by atoms with Crippen molar-refractivity contribution in [1.82, 2.24) is 0 Å². The van der Waals surface area contributed by atoms with Gasteiger partial charge >= 0.3 is 0 Å². The van der Waals surface area contributed by atoms with E-state index in [1.807, 2.05) is 0 Å². The SMILES string of the molecule is Cc1cccc(-c2cccc(-c3cc(-c4ccccc4)c(-c4ccccc4)cc3-c3cccc(-c4cccc(C)c4)c3)c2)c1. The molecule has 0 bridgehead atoms. The largest absolute Gasteiger partial charge is 0.0622 e. The van der Waals surface area contributed by atoms with E-state index in [0.29, 0.717) is 0 Å². The topological polar surface area (TPSA) is 0 Å². The van der Waals surface area contributed by atoms with Crippen molar-refractivity contribution in [3.8, 4) is 66.8 Å². The minimum Gasteiger partial charge on any atom is -0.0622 e. The number of rotatable bonds is 6. The van der Waals surface area contributed by atoms with Crippen molar-refractivity contribution >= 4 is 0 Å². The Morgan fingerprint density at radius 3 is 0.909 bits per heavy atom. The summed E-state index contributed by atoms with van der Waals surface area (Å²) < 4.78 is 0. The van der Waals surface area contributed by atoms with Crippen molar-refractivity contribution in [2.75, 3.05) is 0 Å². The number of hydrogen-bond donors (Lipinski definition) is 0. The summed E-state index contributed by atoms with van der Waals surface area (Å²) in [6.45, 7) is 4.31. The van der Waals surface area contributed by atoms with E-state index in [4.69, 9.17) is 0 Å². The van der Waals surface area contributed by atoms with Gasteiger partial charge in [-0.15, -0.1) is 0 Å². The lowest BCUT2D eigenvalue weighted by Crippen LogP contribution is -1.93. The van der Waals surface area contributed by atoms with Crippen LogP contribution in [-0.2, 0) is 0 Å². The fourth-order valence-electron chi connectivity index (χ4n) is 6.17. The van der Waals surface area contributed by atoms with Crippen molar-refractivity contribution < 1.29 is 0 Å². The van der Waals surface area contributed by atoms with Gasteiger partial charge < -0.3 is 0 Å². The molecule has 0 atom stereocenters. The quantitative estimate of drug-likeness (QED) is 0.189. The van der Waals surface area contributed by atoms with Crippen molar-refractivity contribution in [2.24, 2.45) is 0 Å². The van der Waals surface area contributed by atoms with E-state index in [1.54, 1.807) is 0 Å². The maximum absolute atomic E-state index is 2.40. The first-order valence-corrected chi connectivity index (χ1v) is 15.3. The van der Waals surface area contributed by atoms with E-state index in [9.17, 15) is 0 Å². The zero-order chi connectivity index (χ0) is 29.9. The molecule has 0 saturated heterocycles. The third kappa shape index (κ3) is 5.63. The zero-order valence-electron chi connectivity index (χ0n) is 25.2. The van der Waals surface area contributed by atoms with Crippen molar-refractivity contribution in [1.29, 1.82) is 0 Å². The number of benzene rings is 7. The van der Waals surface area contributed by atoms with Gasteiger partial charge in [-0.1, -0.05) is 157 Å². The molecule has 0 saturated carbocycles. The van der Waals surface area contributed by atoms with Crippen LogP contribution in [0.2, 0.25) is 0 Å². The summed E-state index contributed by atoms with van der Waals surface area (Å²) in [6, 6.07) is 61.9. The molecule has 0 aliphatic heterocycles. The second-order valence-corrected chi connectivity index (χ2v) is 11.6. The molecule has 0 amide bonds. The molecule has 0 spiro atoms. The molecule has 0 aromatic heterocycles. The minimum atomic E-state index is 1.21. The summed E-state index contributed by atoms with van der Waals surface area (Å²) in [7, 11) is 0. The van der Waals surface area contributed by atoms with Crippen molar-refractivity contribution in [2.45, 2.75) is 13.8 Å². The van der Waals surface area contributed by atoms with Crippen LogP contribution < -0.4 is 0 Å². The van der Waals surface area contributed by atoms with Crippen LogP contribution in [0.1, 0.15) is 11.1 Å². The molecule has 210 valence electrons. The zero-order valence-corrected chi connectivity index (χ0v) is 25.2. The molecule has 0 radical (unpaired) electrons. The predicted octanol–water partition coefficient (Wildman–Crippen LogP) is 12.3. The molecule has 7 aromatic carbocycles. The van der Waals surface area contributed by atoms with Gasteiger partial charge in [-0.2, -0.15) is 0 Å². The van der Waals surface area contributed by atoms with E-state index in [1.165, 1.54) is 77.9 Å². The Labute approximate surface area is 261 Å². The van der Waals surface area contributed by atoms with Gasteiger partial charge in [0.25, 0.3) is 0 Å². The molecule has 7 aromatic rings. The molecule has 0 nitrogen and oxygen atoms in total. The summed E-state index contributed by atoms with van der Waals surface area (Å²) >= 11 is 0. The van der Waals surface area contributed by atoms with Gasteiger partial charge in [0.2, 0.25) is 0 Å². The maximum atomic E-state index is 2.40. The van der Waals surface area contributed by atoms with Gasteiger partial charge in [0.15, 0.2) is 0 Å². The minimum absolute atomic E-state index is 1.21. The van der Waals surface area contributed by atoms with Gasteiger partial charge in [-0.3, -0.25) is 0 Å². The first-order valence-electron chi connectivity index (χ1n) is 15.3. The fraction of sp³-hybridized carbons (Fsp3) is 0.0455. The van der Waals surface area contributed by atoms with Gasteiger partial charge in [-0.25, -0.2) is 0 Å². The van der Waals surface area contributed by atoms with Crippen LogP contribution in [0.4, 0.5) is 0 Å². The van der Waals surface area contributed by atoms with Crippen LogP contribution in [0.3, 0.4) is 0 Å². The lowest BCUT2D eigenvalue weighted by atomic mass is 9.84. The first kappa shape index (κ1) is 27.4. The molecule has 0 aliphatic rings. The molecule has 0 N–H and O–H groups in total. The Morgan fingerprint density at radius 1 is 0.227 bits per heavy atom. The van der Waals surface area contributed by atoms with Crippen molar-refractivity contribution in [3.05, 3.63) is 181 Å². The van der Waals surface area contributed by atoms with Crippen LogP contribution in [0, 0.1) is 13.8 Å². The second-order valence-electron chi connectivity index (χ2n) is 11.6. The van der Waals surface area contributed by atoms with Crippen LogP contribution >= 0.6 is 0 Å². The van der Waals surface area contributed by atoms with Crippen LogP contribution in [0.25, 0.3) is 66.8 Å². The average Bonchev–Trinajstić information content (AvgIpc) is 3.08. The van der Waals surface area contributed by atoms with Gasteiger partial charge in [-0.05, 0) is 105 Å². The van der Waals surface area contributed by atoms with Crippen molar-refractivity contribution in [3.63, 3.8) is 0 Å². The highest BCUT2D eigenvalue weighted by Crippen LogP contribution is 2.43. The van der Waals surface area contributed by atoms with Gasteiger partial charge in [0.1, 0.15) is 0 Å². The molecule has 0 unspecified atom stereocenters. The molecule has 7 rings (SSSR count). The summed E-state index contributed by atoms with van der Waals surface area (Å²) in [5.74, 6) is 0. The fourth-order valence-corrected chi connectivity index (χ4v) is 6.17. The number of aryl methyl sites for hydroxylation is 2. The molecular weight excluding hydrogens is 528 g/mol. The molecule has 44 heavy (non-hydrogen) atoms. The van der Waals surface area contributed by atoms with Crippen LogP contribution in [-0.4, -0.2) is 0 Å². The highest BCUT2D eigenvalue weighted by molar-refractivity contribution is 5.96. The summed E-state index contributed by atoms with van der Waals surface area (Å²) in [4.78, 5) is 0. The van der Waals surface area contributed by atoms with Gasteiger partial charge in [0, 0.05) is 0 Å². The second kappa shape index (κ2) is 12.0. The Kier molecular flexibility index (Phi) is 7.49. The van der Waals surface area contributed by atoms with Crippen LogP contribution in [0.15, 0.2) is 170 Å². The lowest BCUT2D eigenvalue weighted by Gasteiger charge is -2.19. The third-order valence-electron chi connectivity index (χ3n) is 8.38. The Balaban J connectivity index is 1.50. The molecule has 0 aliphatic carbocycles. The van der Waals surface area contributed by atoms with E-state index in [0.717, 1.165) is 0 Å². The summed E-state index contributed by atoms with van der Waals surface area (Å²) in [5.41, 5.74) is 17.2. The van der Waals surface area contributed by atoms with E-state index < -0.39 is 0 Å². The lowest BCUT2D eigenvalue weighted by molar-refractivity contribution is 1.46. The maximum Gasteiger partial charge on any atom is -0.00986 e. The molecule has 0 heteroatoms. The predicted molar refractivity (Wildman–Crippen MR) is 189 cm³/mol. The summed E-state index contributed by atoms with van der Waals surface area (Å²) in [6.07, 6.45) is 0. The molecular formula is C44H34. The first-order chi connectivity index (χ1) is 21.6. The highest BCUT2D eigenvalue weighted by atomic mass is 14.2. The monoisotopic (exact) mass is 562 g/mol. The van der Waals surface area contributed by atoms with Crippen LogP contribution in [0.5, 0.6) is 0 Å². The molecule has 0 fully saturated rings. The standard InChI is InChI=1S/C44H34/c1-31-13-9-19-35(25-31)37-21-11-23-39(27-37)43-29-41(33-15-5-3-6-16-33)42(34-17-7-4-8-18-34)30-44(43)40-24-12-22-38(28-40)36-20-10-14-32(2)26-36/h3-30H,1-2H3. The van der Waals surface area contributed by atoms with Gasteiger partial charge in [0.05, 0.1) is 0 Å². The van der Waals surface area contributed by atoms with E-state index in [2.05, 4.69) is 184 Å². The highest BCUT2D eigenvalue weighted by Gasteiger charge is 2.17. The average molecular weight is 563 g/mol. The summed E-state index contributed by atoms with van der Waals surface area (Å²) in [5, 5.41) is 0. The number of hydrogen-bond acceptors (Lipinski definition) is 0. The third-order valence-corrected chi connectivity index (χ3v) is 8.38. The Bertz CT molecular complexity index is 1910. The normalized spacial score (nSPS) is 11.0. The van der Waals surface area contributed by atoms with E-state index >= 15 is 0 Å². The smallest absolute Gasteiger partial charge is 0.00986 e. The van der Waals surface area contributed by atoms with E-state index in [-0.39, 0.29) is 0 Å². The molecule has 0 heterocycles. The Hall–Kier alpha value is -5.46.